The summed E-state index contributed by atoms with van der Waals surface area (Å²) in [6, 6.07) is 15.5. The predicted octanol–water partition coefficient (Wildman–Crippen LogP) is 5.16. The first kappa shape index (κ1) is 17.4. The van der Waals surface area contributed by atoms with Crippen molar-refractivity contribution < 1.29 is 9.53 Å². The molecule has 0 unspecified atom stereocenters. The minimum atomic E-state index is 0.00605. The van der Waals surface area contributed by atoms with Crippen molar-refractivity contribution in [1.29, 1.82) is 0 Å². The minimum Gasteiger partial charge on any atom is -0.497 e. The van der Waals surface area contributed by atoms with E-state index in [9.17, 15) is 4.79 Å². The predicted molar refractivity (Wildman–Crippen MR) is 106 cm³/mol. The number of nitrogens with zero attached hydrogens (tertiary/aromatic N) is 1. The molecule has 3 aromatic rings. The Bertz CT molecular complexity index is 923. The molecule has 0 aliphatic carbocycles. The molecule has 0 aliphatic rings. The van der Waals surface area contributed by atoms with Crippen LogP contribution in [0.5, 0.6) is 5.75 Å². The van der Waals surface area contributed by atoms with Gasteiger partial charge in [0, 0.05) is 46.3 Å². The molecule has 1 heterocycles. The van der Waals surface area contributed by atoms with E-state index in [1.54, 1.807) is 37.1 Å². The van der Waals surface area contributed by atoms with Crippen LogP contribution in [0.2, 0.25) is 0 Å². The fourth-order valence-electron chi connectivity index (χ4n) is 2.85. The number of aryl methyl sites for hydroxylation is 1. The van der Waals surface area contributed by atoms with Gasteiger partial charge in [0.2, 0.25) is 0 Å². The molecular formula is C21H21NO2S. The number of allylic oxidation sites excluding steroid dienone is 1. The number of ketones is 1. The highest BCUT2D eigenvalue weighted by atomic mass is 32.2. The zero-order valence-corrected chi connectivity index (χ0v) is 15.5. The Hall–Kier alpha value is -2.46. The first-order chi connectivity index (χ1) is 12.1. The van der Waals surface area contributed by atoms with E-state index in [1.807, 2.05) is 31.3 Å². The Morgan fingerprint density at radius 2 is 1.88 bits per heavy atom. The highest BCUT2D eigenvalue weighted by Gasteiger charge is 2.13. The maximum atomic E-state index is 12.7. The van der Waals surface area contributed by atoms with E-state index in [4.69, 9.17) is 4.74 Å². The van der Waals surface area contributed by atoms with Gasteiger partial charge in [0.15, 0.2) is 5.78 Å². The quantitative estimate of drug-likeness (QED) is 0.454. The first-order valence-electron chi connectivity index (χ1n) is 8.21. The number of fused-ring (bicyclic) bond motifs is 1. The van der Waals surface area contributed by atoms with Crippen molar-refractivity contribution in [2.45, 2.75) is 6.92 Å². The molecule has 0 radical (unpaired) electrons. The van der Waals surface area contributed by atoms with Crippen LogP contribution in [0.3, 0.4) is 0 Å². The molecule has 0 spiro atoms. The number of carbonyl (C=O) groups excluding carboxylic acids is 1. The third kappa shape index (κ3) is 3.64. The summed E-state index contributed by atoms with van der Waals surface area (Å²) < 4.78 is 7.26. The first-order valence-corrected chi connectivity index (χ1v) is 9.20. The lowest BCUT2D eigenvalue weighted by atomic mass is 10.1. The molecular weight excluding hydrogens is 330 g/mol. The number of ether oxygens (including phenoxy) is 1. The van der Waals surface area contributed by atoms with Crippen molar-refractivity contribution >= 4 is 33.4 Å². The van der Waals surface area contributed by atoms with Crippen LogP contribution in [0, 0.1) is 0 Å². The Labute approximate surface area is 152 Å². The number of hydrogen-bond acceptors (Lipinski definition) is 3. The maximum absolute atomic E-state index is 12.7. The third-order valence-corrected chi connectivity index (χ3v) is 5.04. The lowest BCUT2D eigenvalue weighted by molar-refractivity contribution is 0.104. The van der Waals surface area contributed by atoms with E-state index in [0.717, 1.165) is 27.5 Å². The molecule has 0 saturated heterocycles. The zero-order valence-electron chi connectivity index (χ0n) is 14.7. The Kier molecular flexibility index (Phi) is 5.29. The molecule has 0 N–H and O–H groups in total. The summed E-state index contributed by atoms with van der Waals surface area (Å²) >= 11 is 1.69. The average molecular weight is 351 g/mol. The van der Waals surface area contributed by atoms with E-state index in [2.05, 4.69) is 29.8 Å². The number of rotatable bonds is 6. The number of hydrogen-bond donors (Lipinski definition) is 0. The van der Waals surface area contributed by atoms with Crippen LogP contribution in [0.4, 0.5) is 0 Å². The van der Waals surface area contributed by atoms with Gasteiger partial charge in [-0.2, -0.15) is 0 Å². The Morgan fingerprint density at radius 1 is 1.16 bits per heavy atom. The molecule has 1 aromatic heterocycles. The summed E-state index contributed by atoms with van der Waals surface area (Å²) in [6.45, 7) is 2.10. The second-order valence-corrected chi connectivity index (χ2v) is 7.01. The maximum Gasteiger partial charge on any atom is 0.186 e. The third-order valence-electron chi connectivity index (χ3n) is 4.10. The second-order valence-electron chi connectivity index (χ2n) is 5.71. The zero-order chi connectivity index (χ0) is 17.8. The average Bonchev–Trinajstić information content (AvgIpc) is 2.98. The van der Waals surface area contributed by atoms with Crippen LogP contribution >= 0.6 is 11.8 Å². The number of methoxy groups -OCH3 is 1. The van der Waals surface area contributed by atoms with Crippen LogP contribution in [0.25, 0.3) is 15.8 Å². The van der Waals surface area contributed by atoms with Gasteiger partial charge in [0.1, 0.15) is 5.75 Å². The summed E-state index contributed by atoms with van der Waals surface area (Å²) in [5, 5.41) is 1.17. The molecule has 0 fully saturated rings. The smallest absolute Gasteiger partial charge is 0.186 e. The van der Waals surface area contributed by atoms with Crippen LogP contribution < -0.4 is 4.74 Å². The Balaban J connectivity index is 2.01. The molecule has 0 bridgehead atoms. The van der Waals surface area contributed by atoms with E-state index in [-0.39, 0.29) is 5.78 Å². The summed E-state index contributed by atoms with van der Waals surface area (Å²) in [5.41, 5.74) is 2.93. The van der Waals surface area contributed by atoms with E-state index in [0.29, 0.717) is 5.56 Å². The van der Waals surface area contributed by atoms with Crippen molar-refractivity contribution in [3.05, 3.63) is 71.9 Å². The minimum absolute atomic E-state index is 0.00605. The van der Waals surface area contributed by atoms with Gasteiger partial charge in [-0.25, -0.2) is 0 Å². The van der Waals surface area contributed by atoms with Gasteiger partial charge in [0.25, 0.3) is 0 Å². The second kappa shape index (κ2) is 7.62. The van der Waals surface area contributed by atoms with Crippen LogP contribution in [0.15, 0.2) is 60.8 Å². The van der Waals surface area contributed by atoms with Crippen molar-refractivity contribution in [2.24, 2.45) is 7.05 Å². The highest BCUT2D eigenvalue weighted by molar-refractivity contribution is 8.08. The molecule has 4 heteroatoms. The van der Waals surface area contributed by atoms with Gasteiger partial charge >= 0.3 is 0 Å². The molecule has 0 saturated carbocycles. The van der Waals surface area contributed by atoms with Crippen molar-refractivity contribution in [2.75, 3.05) is 12.9 Å². The van der Waals surface area contributed by atoms with E-state index in [1.165, 1.54) is 5.39 Å². The normalized spacial score (nSPS) is 11.7. The molecule has 0 amide bonds. The number of carbonyl (C=O) groups is 1. The number of thioether (sulfide) groups is 1. The molecule has 0 atom stereocenters. The fraction of sp³-hybridized carbons (Fsp3) is 0.190. The fourth-order valence-corrected chi connectivity index (χ4v) is 3.67. The molecule has 3 rings (SSSR count). The van der Waals surface area contributed by atoms with E-state index >= 15 is 0 Å². The topological polar surface area (TPSA) is 31.2 Å². The molecule has 25 heavy (non-hydrogen) atoms. The Morgan fingerprint density at radius 3 is 2.56 bits per heavy atom. The monoisotopic (exact) mass is 351 g/mol. The summed E-state index contributed by atoms with van der Waals surface area (Å²) in [5.74, 6) is 1.66. The van der Waals surface area contributed by atoms with Crippen molar-refractivity contribution in [3.63, 3.8) is 0 Å². The standard InChI is InChI=1S/C21H21NO2S/c1-4-25-21(13-20(23)15-9-11-16(24-3)12-10-15)18-14-22(2)19-8-6-5-7-17(18)19/h5-14H,4H2,1-3H3/b21-13-. The highest BCUT2D eigenvalue weighted by Crippen LogP contribution is 2.34. The molecule has 128 valence electrons. The summed E-state index contributed by atoms with van der Waals surface area (Å²) in [7, 11) is 3.65. The lowest BCUT2D eigenvalue weighted by Gasteiger charge is -2.06. The number of para-hydroxylation sites is 1. The van der Waals surface area contributed by atoms with Gasteiger partial charge in [0.05, 0.1) is 7.11 Å². The SMILES string of the molecule is CCS/C(=C\C(=O)c1ccc(OC)cc1)c1cn(C)c2ccccc12. The molecule has 2 aromatic carbocycles. The van der Waals surface area contributed by atoms with E-state index < -0.39 is 0 Å². The number of aromatic nitrogens is 1. The van der Waals surface area contributed by atoms with Gasteiger partial charge in [-0.15, -0.1) is 11.8 Å². The molecule has 3 nitrogen and oxygen atoms in total. The van der Waals surface area contributed by atoms with Crippen LogP contribution in [-0.4, -0.2) is 23.2 Å². The molecule has 0 aliphatic heterocycles. The van der Waals surface area contributed by atoms with Crippen molar-refractivity contribution in [3.8, 4) is 5.75 Å². The van der Waals surface area contributed by atoms with Crippen LogP contribution in [0.1, 0.15) is 22.8 Å². The van der Waals surface area contributed by atoms with Gasteiger partial charge in [-0.1, -0.05) is 25.1 Å². The van der Waals surface area contributed by atoms with Crippen LogP contribution in [-0.2, 0) is 7.05 Å². The van der Waals surface area contributed by atoms with Gasteiger partial charge in [-0.05, 0) is 36.1 Å². The van der Waals surface area contributed by atoms with Crippen molar-refractivity contribution in [1.82, 2.24) is 4.57 Å². The van der Waals surface area contributed by atoms with Gasteiger partial charge in [-0.3, -0.25) is 4.79 Å². The largest absolute Gasteiger partial charge is 0.497 e. The summed E-state index contributed by atoms with van der Waals surface area (Å²) in [4.78, 5) is 13.7. The number of benzene rings is 2. The summed E-state index contributed by atoms with van der Waals surface area (Å²) in [6.07, 6.45) is 3.85. The lowest BCUT2D eigenvalue weighted by Crippen LogP contribution is -1.96. The van der Waals surface area contributed by atoms with Gasteiger partial charge < -0.3 is 9.30 Å².